The van der Waals surface area contributed by atoms with E-state index < -0.39 is 5.82 Å². The maximum absolute atomic E-state index is 13.4. The molecule has 0 aliphatic heterocycles. The molecule has 0 heterocycles. The summed E-state index contributed by atoms with van der Waals surface area (Å²) in [5.74, 6) is 0.357. The van der Waals surface area contributed by atoms with Crippen LogP contribution < -0.4 is 10.1 Å². The summed E-state index contributed by atoms with van der Waals surface area (Å²) in [4.78, 5) is 12.7. The number of para-hydroxylation sites is 1. The van der Waals surface area contributed by atoms with Crippen molar-refractivity contribution in [3.63, 3.8) is 0 Å². The summed E-state index contributed by atoms with van der Waals surface area (Å²) >= 11 is 1.39. The normalized spacial score (nSPS) is 10.2. The molecule has 0 saturated heterocycles. The molecule has 0 radical (unpaired) electrons. The van der Waals surface area contributed by atoms with Crippen LogP contribution in [0.2, 0.25) is 0 Å². The molecule has 2 aromatic rings. The Morgan fingerprint density at radius 3 is 2.57 bits per heavy atom. The molecule has 1 N–H and O–H groups in total. The second-order valence-electron chi connectivity index (χ2n) is 4.22. The highest BCUT2D eigenvalue weighted by Crippen LogP contribution is 2.22. The zero-order valence-corrected chi connectivity index (χ0v) is 12.5. The van der Waals surface area contributed by atoms with Crippen LogP contribution in [-0.4, -0.2) is 18.3 Å². The summed E-state index contributed by atoms with van der Waals surface area (Å²) in [6, 6.07) is 13.6. The van der Waals surface area contributed by atoms with E-state index in [4.69, 9.17) is 4.74 Å². The minimum atomic E-state index is -0.433. The molecule has 0 saturated carbocycles. The molecular weight excluding hydrogens is 289 g/mol. The first-order valence-electron chi connectivity index (χ1n) is 6.59. The number of nitrogens with one attached hydrogen (secondary N) is 1. The fourth-order valence-electron chi connectivity index (χ4n) is 1.70. The van der Waals surface area contributed by atoms with Crippen molar-refractivity contribution in [2.24, 2.45) is 0 Å². The van der Waals surface area contributed by atoms with Crippen LogP contribution in [0.25, 0.3) is 0 Å². The number of carbonyl (C=O) groups is 1. The lowest BCUT2D eigenvalue weighted by Gasteiger charge is -2.07. The van der Waals surface area contributed by atoms with E-state index in [-0.39, 0.29) is 17.3 Å². The summed E-state index contributed by atoms with van der Waals surface area (Å²) in [5.41, 5.74) is 0.204. The molecule has 0 aromatic heterocycles. The quantitative estimate of drug-likeness (QED) is 0.821. The fourth-order valence-corrected chi connectivity index (χ4v) is 2.39. The van der Waals surface area contributed by atoms with Gasteiger partial charge in [0.05, 0.1) is 18.0 Å². The van der Waals surface area contributed by atoms with E-state index in [1.165, 1.54) is 23.9 Å². The van der Waals surface area contributed by atoms with Gasteiger partial charge in [-0.3, -0.25) is 4.79 Å². The zero-order valence-electron chi connectivity index (χ0n) is 11.6. The molecule has 110 valence electrons. The predicted octanol–water partition coefficient (Wildman–Crippen LogP) is 3.96. The Hall–Kier alpha value is -2.01. The maximum atomic E-state index is 13.4. The second kappa shape index (κ2) is 7.69. The third-order valence-electron chi connectivity index (χ3n) is 2.65. The van der Waals surface area contributed by atoms with Crippen molar-refractivity contribution in [3.05, 3.63) is 54.3 Å². The van der Waals surface area contributed by atoms with Crippen LogP contribution >= 0.6 is 11.8 Å². The Balaban J connectivity index is 1.85. The average molecular weight is 305 g/mol. The van der Waals surface area contributed by atoms with Crippen molar-refractivity contribution in [3.8, 4) is 5.75 Å². The lowest BCUT2D eigenvalue weighted by atomic mass is 10.3. The molecule has 2 aromatic carbocycles. The zero-order chi connectivity index (χ0) is 15.1. The van der Waals surface area contributed by atoms with E-state index in [0.29, 0.717) is 6.61 Å². The first kappa shape index (κ1) is 15.4. The van der Waals surface area contributed by atoms with Crippen molar-refractivity contribution in [1.29, 1.82) is 0 Å². The molecule has 0 fully saturated rings. The predicted molar refractivity (Wildman–Crippen MR) is 83.4 cm³/mol. The second-order valence-corrected chi connectivity index (χ2v) is 5.27. The van der Waals surface area contributed by atoms with Gasteiger partial charge in [0.2, 0.25) is 5.91 Å². The number of amides is 1. The van der Waals surface area contributed by atoms with Gasteiger partial charge in [0, 0.05) is 4.90 Å². The monoisotopic (exact) mass is 305 g/mol. The number of carbonyl (C=O) groups excluding carboxylic acids is 1. The van der Waals surface area contributed by atoms with E-state index in [1.807, 2.05) is 31.2 Å². The number of ether oxygens (including phenoxy) is 1. The molecule has 0 aliphatic carbocycles. The summed E-state index contributed by atoms with van der Waals surface area (Å²) in [7, 11) is 0. The van der Waals surface area contributed by atoms with Gasteiger partial charge >= 0.3 is 0 Å². The number of hydrogen-bond donors (Lipinski definition) is 1. The van der Waals surface area contributed by atoms with E-state index in [0.717, 1.165) is 10.6 Å². The Morgan fingerprint density at radius 1 is 1.19 bits per heavy atom. The van der Waals surface area contributed by atoms with E-state index in [1.54, 1.807) is 12.1 Å². The summed E-state index contributed by atoms with van der Waals surface area (Å²) in [6.07, 6.45) is 0. The Labute approximate surface area is 127 Å². The van der Waals surface area contributed by atoms with Crippen LogP contribution in [0, 0.1) is 5.82 Å². The van der Waals surface area contributed by atoms with Gasteiger partial charge in [-0.25, -0.2) is 4.39 Å². The number of halogens is 1. The summed E-state index contributed by atoms with van der Waals surface area (Å²) in [5, 5.41) is 2.55. The van der Waals surface area contributed by atoms with Crippen LogP contribution in [0.4, 0.5) is 10.1 Å². The highest BCUT2D eigenvalue weighted by atomic mass is 32.2. The molecule has 5 heteroatoms. The van der Waals surface area contributed by atoms with E-state index in [9.17, 15) is 9.18 Å². The number of anilines is 1. The number of benzene rings is 2. The van der Waals surface area contributed by atoms with E-state index >= 15 is 0 Å². The van der Waals surface area contributed by atoms with Gasteiger partial charge < -0.3 is 10.1 Å². The van der Waals surface area contributed by atoms with E-state index in [2.05, 4.69) is 5.32 Å². The Bertz CT molecular complexity index is 601. The fraction of sp³-hybridized carbons (Fsp3) is 0.188. The SMILES string of the molecule is CCOc1ccc(SCC(=O)Nc2ccccc2F)cc1. The van der Waals surface area contributed by atoms with Crippen LogP contribution in [0.1, 0.15) is 6.92 Å². The largest absolute Gasteiger partial charge is 0.494 e. The standard InChI is InChI=1S/C16H16FNO2S/c1-2-20-12-7-9-13(10-8-12)21-11-16(19)18-15-6-4-3-5-14(15)17/h3-10H,2,11H2,1H3,(H,18,19). The van der Waals surface area contributed by atoms with Gasteiger partial charge in [-0.15, -0.1) is 11.8 Å². The maximum Gasteiger partial charge on any atom is 0.234 e. The van der Waals surface area contributed by atoms with Crippen LogP contribution in [-0.2, 0) is 4.79 Å². The first-order chi connectivity index (χ1) is 10.2. The summed E-state index contributed by atoms with van der Waals surface area (Å²) in [6.45, 7) is 2.55. The van der Waals surface area contributed by atoms with Crippen molar-refractivity contribution >= 4 is 23.4 Å². The minimum absolute atomic E-state index is 0.204. The molecule has 3 nitrogen and oxygen atoms in total. The van der Waals surface area contributed by atoms with Crippen molar-refractivity contribution in [1.82, 2.24) is 0 Å². The molecule has 0 spiro atoms. The molecule has 0 bridgehead atoms. The number of rotatable bonds is 6. The highest BCUT2D eigenvalue weighted by molar-refractivity contribution is 8.00. The molecular formula is C16H16FNO2S. The van der Waals surface area contributed by atoms with Crippen molar-refractivity contribution < 1.29 is 13.9 Å². The first-order valence-corrected chi connectivity index (χ1v) is 7.57. The lowest BCUT2D eigenvalue weighted by Crippen LogP contribution is -2.14. The third kappa shape index (κ3) is 4.79. The number of hydrogen-bond acceptors (Lipinski definition) is 3. The molecule has 0 atom stereocenters. The highest BCUT2D eigenvalue weighted by Gasteiger charge is 2.07. The van der Waals surface area contributed by atoms with Gasteiger partial charge in [0.1, 0.15) is 11.6 Å². The summed E-state index contributed by atoms with van der Waals surface area (Å²) < 4.78 is 18.7. The van der Waals surface area contributed by atoms with Crippen molar-refractivity contribution in [2.45, 2.75) is 11.8 Å². The van der Waals surface area contributed by atoms with Gasteiger partial charge in [-0.05, 0) is 43.3 Å². The molecule has 0 unspecified atom stereocenters. The van der Waals surface area contributed by atoms with Gasteiger partial charge in [0.25, 0.3) is 0 Å². The Kier molecular flexibility index (Phi) is 5.63. The molecule has 0 aliphatic rings. The number of thioether (sulfide) groups is 1. The van der Waals surface area contributed by atoms with Crippen LogP contribution in [0.15, 0.2) is 53.4 Å². The smallest absolute Gasteiger partial charge is 0.234 e. The Morgan fingerprint density at radius 2 is 1.90 bits per heavy atom. The minimum Gasteiger partial charge on any atom is -0.494 e. The van der Waals surface area contributed by atoms with Crippen LogP contribution in [0.5, 0.6) is 5.75 Å². The lowest BCUT2D eigenvalue weighted by molar-refractivity contribution is -0.113. The third-order valence-corrected chi connectivity index (χ3v) is 3.66. The molecule has 2 rings (SSSR count). The van der Waals surface area contributed by atoms with Gasteiger partial charge in [-0.1, -0.05) is 12.1 Å². The van der Waals surface area contributed by atoms with Crippen LogP contribution in [0.3, 0.4) is 0 Å². The molecule has 1 amide bonds. The van der Waals surface area contributed by atoms with Crippen molar-refractivity contribution in [2.75, 3.05) is 17.7 Å². The molecule has 21 heavy (non-hydrogen) atoms. The average Bonchev–Trinajstić information content (AvgIpc) is 2.49. The van der Waals surface area contributed by atoms with Gasteiger partial charge in [-0.2, -0.15) is 0 Å². The van der Waals surface area contributed by atoms with Gasteiger partial charge in [0.15, 0.2) is 0 Å². The topological polar surface area (TPSA) is 38.3 Å².